The standard InChI is InChI=1S/C16H22ClN3O4/c1-8-14(17)9(2)20(19-8)7-3-6-18-15(21)12-10-4-5-11(24-10)13(12)16(22)23/h10-13H,3-7H2,1-2H3,(H,18,21)(H,22,23). The van der Waals surface area contributed by atoms with Crippen LogP contribution >= 0.6 is 11.6 Å². The quantitative estimate of drug-likeness (QED) is 0.755. The number of nitrogens with one attached hydrogen (secondary N) is 1. The highest BCUT2D eigenvalue weighted by Crippen LogP contribution is 2.43. The number of fused-ring (bicyclic) bond motifs is 2. The number of rotatable bonds is 6. The van der Waals surface area contributed by atoms with E-state index in [-0.39, 0.29) is 18.1 Å². The number of aryl methyl sites for hydroxylation is 2. The second kappa shape index (κ2) is 6.72. The van der Waals surface area contributed by atoms with Crippen molar-refractivity contribution in [2.24, 2.45) is 11.8 Å². The van der Waals surface area contributed by atoms with E-state index in [0.29, 0.717) is 24.5 Å². The third-order valence-electron chi connectivity index (χ3n) is 5.00. The van der Waals surface area contributed by atoms with Gasteiger partial charge >= 0.3 is 5.97 Å². The molecule has 1 aromatic heterocycles. The molecule has 0 saturated carbocycles. The molecule has 0 radical (unpaired) electrons. The monoisotopic (exact) mass is 355 g/mol. The molecule has 1 aromatic rings. The Kier molecular flexibility index (Phi) is 4.83. The maximum atomic E-state index is 12.4. The van der Waals surface area contributed by atoms with Crippen LogP contribution in [0.3, 0.4) is 0 Å². The number of aromatic nitrogens is 2. The van der Waals surface area contributed by atoms with Crippen molar-refractivity contribution in [2.45, 2.75) is 51.9 Å². The number of hydrogen-bond donors (Lipinski definition) is 2. The lowest BCUT2D eigenvalue weighted by atomic mass is 9.79. The predicted molar refractivity (Wildman–Crippen MR) is 86.8 cm³/mol. The van der Waals surface area contributed by atoms with Crippen LogP contribution in [0.5, 0.6) is 0 Å². The molecule has 0 aromatic carbocycles. The van der Waals surface area contributed by atoms with E-state index < -0.39 is 17.8 Å². The first kappa shape index (κ1) is 17.2. The van der Waals surface area contributed by atoms with Gasteiger partial charge in [-0.05, 0) is 33.1 Å². The number of ether oxygens (including phenoxy) is 1. The third kappa shape index (κ3) is 3.02. The lowest BCUT2D eigenvalue weighted by Crippen LogP contribution is -2.44. The molecule has 132 valence electrons. The minimum Gasteiger partial charge on any atom is -0.481 e. The topological polar surface area (TPSA) is 93.5 Å². The summed E-state index contributed by atoms with van der Waals surface area (Å²) in [6.07, 6.45) is 1.61. The molecule has 4 unspecified atom stereocenters. The van der Waals surface area contributed by atoms with E-state index in [0.717, 1.165) is 24.2 Å². The molecule has 4 atom stereocenters. The Morgan fingerprint density at radius 2 is 2.00 bits per heavy atom. The Bertz CT molecular complexity index is 660. The minimum atomic E-state index is -0.945. The molecule has 2 fully saturated rings. The van der Waals surface area contributed by atoms with Crippen molar-refractivity contribution in [3.8, 4) is 0 Å². The molecule has 0 aliphatic carbocycles. The highest BCUT2D eigenvalue weighted by Gasteiger charge is 2.55. The summed E-state index contributed by atoms with van der Waals surface area (Å²) in [6, 6.07) is 0. The van der Waals surface area contributed by atoms with E-state index in [1.807, 2.05) is 18.5 Å². The van der Waals surface area contributed by atoms with Crippen LogP contribution in [0.4, 0.5) is 0 Å². The first-order chi connectivity index (χ1) is 11.4. The van der Waals surface area contributed by atoms with Gasteiger partial charge in [0.2, 0.25) is 5.91 Å². The van der Waals surface area contributed by atoms with Crippen LogP contribution in [-0.4, -0.2) is 45.5 Å². The molecule has 24 heavy (non-hydrogen) atoms. The molecule has 1 amide bonds. The van der Waals surface area contributed by atoms with Crippen molar-refractivity contribution < 1.29 is 19.4 Å². The predicted octanol–water partition coefficient (Wildman–Crippen LogP) is 1.54. The zero-order valence-electron chi connectivity index (χ0n) is 13.8. The fraction of sp³-hybridized carbons (Fsp3) is 0.688. The average Bonchev–Trinajstić information content (AvgIpc) is 3.21. The average molecular weight is 356 g/mol. The molecule has 8 heteroatoms. The Morgan fingerprint density at radius 1 is 1.33 bits per heavy atom. The van der Waals surface area contributed by atoms with Gasteiger partial charge in [0.25, 0.3) is 0 Å². The molecular weight excluding hydrogens is 334 g/mol. The minimum absolute atomic E-state index is 0.221. The van der Waals surface area contributed by atoms with Gasteiger partial charge in [-0.2, -0.15) is 5.10 Å². The van der Waals surface area contributed by atoms with Gasteiger partial charge in [-0.25, -0.2) is 0 Å². The zero-order valence-corrected chi connectivity index (χ0v) is 14.5. The largest absolute Gasteiger partial charge is 0.481 e. The first-order valence-corrected chi connectivity index (χ1v) is 8.63. The number of hydrogen-bond acceptors (Lipinski definition) is 4. The number of carbonyl (C=O) groups is 2. The summed E-state index contributed by atoms with van der Waals surface area (Å²) < 4.78 is 7.44. The van der Waals surface area contributed by atoms with E-state index in [9.17, 15) is 14.7 Å². The zero-order chi connectivity index (χ0) is 17.4. The van der Waals surface area contributed by atoms with Crippen molar-refractivity contribution >= 4 is 23.5 Å². The van der Waals surface area contributed by atoms with Crippen LogP contribution in [0.15, 0.2) is 0 Å². The molecule has 7 nitrogen and oxygen atoms in total. The maximum absolute atomic E-state index is 12.4. The lowest BCUT2D eigenvalue weighted by molar-refractivity contribution is -0.147. The second-order valence-corrected chi connectivity index (χ2v) is 6.91. The second-order valence-electron chi connectivity index (χ2n) is 6.53. The summed E-state index contributed by atoms with van der Waals surface area (Å²) in [6.45, 7) is 4.88. The van der Waals surface area contributed by atoms with Crippen LogP contribution in [0.25, 0.3) is 0 Å². The number of carboxylic acids is 1. The van der Waals surface area contributed by atoms with Gasteiger partial charge in [0.1, 0.15) is 0 Å². The van der Waals surface area contributed by atoms with Gasteiger partial charge in [0.15, 0.2) is 0 Å². The number of carboxylic acid groups (broad SMARTS) is 1. The Morgan fingerprint density at radius 3 is 2.58 bits per heavy atom. The molecular formula is C16H22ClN3O4. The number of carbonyl (C=O) groups excluding carboxylic acids is 1. The first-order valence-electron chi connectivity index (χ1n) is 8.25. The van der Waals surface area contributed by atoms with E-state index in [2.05, 4.69) is 10.4 Å². The van der Waals surface area contributed by atoms with Crippen LogP contribution < -0.4 is 5.32 Å². The summed E-state index contributed by atoms with van der Waals surface area (Å²) >= 11 is 6.11. The van der Waals surface area contributed by atoms with Crippen LogP contribution in [0, 0.1) is 25.7 Å². The summed E-state index contributed by atoms with van der Waals surface area (Å²) in [5.74, 6) is -2.47. The Hall–Kier alpha value is -1.60. The highest BCUT2D eigenvalue weighted by atomic mass is 35.5. The molecule has 0 spiro atoms. The van der Waals surface area contributed by atoms with Gasteiger partial charge in [-0.15, -0.1) is 0 Å². The maximum Gasteiger partial charge on any atom is 0.310 e. The SMILES string of the molecule is Cc1nn(CCCNC(=O)C2C3CCC(O3)C2C(=O)O)c(C)c1Cl. The van der Waals surface area contributed by atoms with Crippen LogP contribution in [0.2, 0.25) is 5.02 Å². The number of amides is 1. The summed E-state index contributed by atoms with van der Waals surface area (Å²) in [5.41, 5.74) is 1.70. The molecule has 3 rings (SSSR count). The van der Waals surface area contributed by atoms with Crippen LogP contribution in [-0.2, 0) is 20.9 Å². The molecule has 2 aliphatic heterocycles. The number of aliphatic carboxylic acids is 1. The molecule has 3 heterocycles. The molecule has 2 bridgehead atoms. The van der Waals surface area contributed by atoms with E-state index in [1.165, 1.54) is 0 Å². The van der Waals surface area contributed by atoms with Gasteiger partial charge in [0.05, 0.1) is 40.5 Å². The number of halogens is 1. The van der Waals surface area contributed by atoms with Crippen molar-refractivity contribution in [3.05, 3.63) is 16.4 Å². The highest BCUT2D eigenvalue weighted by molar-refractivity contribution is 6.31. The van der Waals surface area contributed by atoms with Crippen molar-refractivity contribution in [2.75, 3.05) is 6.54 Å². The van der Waals surface area contributed by atoms with Gasteiger partial charge in [-0.1, -0.05) is 11.6 Å². The van der Waals surface area contributed by atoms with Gasteiger partial charge < -0.3 is 15.2 Å². The Labute approximate surface area is 145 Å². The smallest absolute Gasteiger partial charge is 0.310 e. The fourth-order valence-electron chi connectivity index (χ4n) is 3.78. The summed E-state index contributed by atoms with van der Waals surface area (Å²) in [7, 11) is 0. The molecule has 2 N–H and O–H groups in total. The molecule has 2 saturated heterocycles. The van der Waals surface area contributed by atoms with Crippen molar-refractivity contribution in [1.82, 2.24) is 15.1 Å². The molecule has 2 aliphatic rings. The normalized spacial score (nSPS) is 28.3. The third-order valence-corrected chi connectivity index (χ3v) is 5.55. The fourth-order valence-corrected chi connectivity index (χ4v) is 3.91. The van der Waals surface area contributed by atoms with Gasteiger partial charge in [0, 0.05) is 13.1 Å². The van der Waals surface area contributed by atoms with Crippen molar-refractivity contribution in [1.29, 1.82) is 0 Å². The van der Waals surface area contributed by atoms with E-state index in [1.54, 1.807) is 0 Å². The van der Waals surface area contributed by atoms with Gasteiger partial charge in [-0.3, -0.25) is 14.3 Å². The lowest BCUT2D eigenvalue weighted by Gasteiger charge is -2.23. The summed E-state index contributed by atoms with van der Waals surface area (Å²) in [5, 5.41) is 17.2. The Balaban J connectivity index is 1.51. The van der Waals surface area contributed by atoms with Crippen molar-refractivity contribution in [3.63, 3.8) is 0 Å². The van der Waals surface area contributed by atoms with Crippen LogP contribution in [0.1, 0.15) is 30.7 Å². The summed E-state index contributed by atoms with van der Waals surface area (Å²) in [4.78, 5) is 23.8. The number of nitrogens with zero attached hydrogens (tertiary/aromatic N) is 2. The van der Waals surface area contributed by atoms with E-state index >= 15 is 0 Å². The van der Waals surface area contributed by atoms with E-state index in [4.69, 9.17) is 16.3 Å².